The summed E-state index contributed by atoms with van der Waals surface area (Å²) in [5.41, 5.74) is -5.96. The predicted octanol–water partition coefficient (Wildman–Crippen LogP) is 7.35. The second kappa shape index (κ2) is 36.4. The van der Waals surface area contributed by atoms with Crippen LogP contribution < -0.4 is 5.32 Å². The van der Waals surface area contributed by atoms with Crippen LogP contribution in [-0.4, -0.2) is 211 Å². The first-order valence-corrected chi connectivity index (χ1v) is 34.5. The molecule has 1 amide bonds. The summed E-state index contributed by atoms with van der Waals surface area (Å²) in [5.74, 6) is -6.38. The van der Waals surface area contributed by atoms with E-state index in [4.69, 9.17) is 61.6 Å². The maximum atomic E-state index is 16.1. The van der Waals surface area contributed by atoms with Crippen molar-refractivity contribution in [3.05, 3.63) is 143 Å². The Balaban J connectivity index is 0.826. The molecule has 3 aliphatic carbocycles. The molecule has 2 saturated carbocycles. The molecule has 3 fully saturated rings. The average Bonchev–Trinajstić information content (AvgIpc) is 0.670. The molecule has 3 aromatic carbocycles. The van der Waals surface area contributed by atoms with E-state index in [1.54, 1.807) is 141 Å². The number of nitrogens with zero attached hydrogens (tertiary/aromatic N) is 1. The molecule has 11 atom stereocenters. The third kappa shape index (κ3) is 19.1. The summed E-state index contributed by atoms with van der Waals surface area (Å²) >= 11 is 0. The molecule has 1 aliphatic heterocycles. The standard InChI is InChI=1S/C70H90N2O21S2/c1-47-53(90-66(79)60(75)59(50-18-10-7-11-19-50)72-64(77)51-20-12-8-13-21-51)45-70(80)63(92-65(78)52-22-14-9-15-23-52)61-68(6,62(76)48(2)58(47)67(70,4)5)54(44-55-69(61,46-89-55)93-49(3)73)91-57(74)25-27-81-28-29-82-30-31-83-32-33-84-34-35-85-36-37-86-38-39-87-40-41-88-42-43-94-95-56-24-16-17-26-71-56/h7-24,26,48,53-55,59-61,63,75,80H,25,27-46H2,1-6H3,(H,72,77)/t48-,53?,54?,55?,59?,60-,61+,63+,68-,69+,70-/m1/s1. The minimum absolute atomic E-state index is 0.0706. The van der Waals surface area contributed by atoms with Gasteiger partial charge >= 0.3 is 23.9 Å². The Morgan fingerprint density at radius 2 is 1.19 bits per heavy atom. The first kappa shape index (κ1) is 74.6. The second-order valence-electron chi connectivity index (χ2n) is 24.3. The van der Waals surface area contributed by atoms with Crippen LogP contribution in [0.5, 0.6) is 0 Å². The molecule has 4 unspecified atom stereocenters. The van der Waals surface area contributed by atoms with Crippen LogP contribution in [0.2, 0.25) is 0 Å². The van der Waals surface area contributed by atoms with Gasteiger partial charge in [0.2, 0.25) is 0 Å². The topological polar surface area (TPSA) is 288 Å². The van der Waals surface area contributed by atoms with Crippen molar-refractivity contribution in [1.82, 2.24) is 10.3 Å². The van der Waals surface area contributed by atoms with Crippen LogP contribution in [0.3, 0.4) is 0 Å². The number of carbonyl (C=O) groups excluding carboxylic acids is 6. The zero-order valence-electron chi connectivity index (χ0n) is 54.9. The molecule has 4 aliphatic rings. The van der Waals surface area contributed by atoms with E-state index in [-0.39, 0.29) is 57.0 Å². The molecule has 23 nitrogen and oxygen atoms in total. The fraction of sp³-hybridized carbons (Fsp3) is 0.557. The summed E-state index contributed by atoms with van der Waals surface area (Å²) in [6, 6.07) is 29.2. The Morgan fingerprint density at radius 1 is 0.674 bits per heavy atom. The van der Waals surface area contributed by atoms with Crippen LogP contribution >= 0.6 is 21.6 Å². The number of rotatable bonds is 39. The molecule has 8 rings (SSSR count). The quantitative estimate of drug-likeness (QED) is 0.0129. The van der Waals surface area contributed by atoms with Crippen molar-refractivity contribution in [2.75, 3.05) is 118 Å². The zero-order valence-corrected chi connectivity index (χ0v) is 56.5. The number of hydrogen-bond acceptors (Lipinski definition) is 24. The van der Waals surface area contributed by atoms with Gasteiger partial charge in [-0.2, -0.15) is 0 Å². The SMILES string of the molecule is CC(=O)O[C@@]12COC1CC(OC(=O)CCOCCOCCOCCOCCOCCOCCOCCOCCSSc1ccccn1)[C@@]1(C)C(=O)[C@H](C)C3=C(C)C(OC(=O)[C@H](O)C(NC(=O)c4ccccc4)c4ccccc4)C[C@@](O)([C@@H](OC(=O)c4ccccc4)[C@H]21)C3(C)C. The van der Waals surface area contributed by atoms with Gasteiger partial charge in [-0.1, -0.05) is 104 Å². The van der Waals surface area contributed by atoms with E-state index in [0.717, 1.165) is 10.8 Å². The van der Waals surface area contributed by atoms with Gasteiger partial charge in [0.1, 0.15) is 40.8 Å². The van der Waals surface area contributed by atoms with Gasteiger partial charge in [-0.3, -0.25) is 19.2 Å². The molecule has 4 aromatic rings. The summed E-state index contributed by atoms with van der Waals surface area (Å²) in [5, 5.41) is 29.8. The fourth-order valence-electron chi connectivity index (χ4n) is 13.2. The zero-order chi connectivity index (χ0) is 67.9. The van der Waals surface area contributed by atoms with Gasteiger partial charge in [0.15, 0.2) is 11.7 Å². The van der Waals surface area contributed by atoms with E-state index in [1.807, 2.05) is 18.2 Å². The van der Waals surface area contributed by atoms with Crippen LogP contribution in [0.1, 0.15) is 93.1 Å². The number of ether oxygens (including phenoxy) is 13. The normalized spacial score (nSPS) is 24.9. The van der Waals surface area contributed by atoms with Crippen LogP contribution in [0.4, 0.5) is 0 Å². The molecular weight excluding hydrogens is 1270 g/mol. The third-order valence-corrected chi connectivity index (χ3v) is 20.1. The molecule has 3 N–H and O–H groups in total. The van der Waals surface area contributed by atoms with E-state index < -0.39 is 112 Å². The Kier molecular flexibility index (Phi) is 28.6. The van der Waals surface area contributed by atoms with E-state index in [0.29, 0.717) is 96.0 Å². The Labute approximate surface area is 562 Å². The van der Waals surface area contributed by atoms with Crippen LogP contribution in [-0.2, 0) is 80.8 Å². The highest BCUT2D eigenvalue weighted by Crippen LogP contribution is 2.65. The number of benzene rings is 3. The third-order valence-electron chi connectivity index (χ3n) is 17.9. The number of esters is 4. The highest BCUT2D eigenvalue weighted by Gasteiger charge is 2.78. The monoisotopic (exact) mass is 1360 g/mol. The van der Waals surface area contributed by atoms with Gasteiger partial charge < -0.3 is 77.1 Å². The summed E-state index contributed by atoms with van der Waals surface area (Å²) in [4.78, 5) is 90.8. The summed E-state index contributed by atoms with van der Waals surface area (Å²) in [6.07, 6.45) is -6.56. The molecule has 25 heteroatoms. The van der Waals surface area contributed by atoms with E-state index >= 15 is 4.79 Å². The Hall–Kier alpha value is -6.17. The molecule has 0 radical (unpaired) electrons. The summed E-state index contributed by atoms with van der Waals surface area (Å²) < 4.78 is 76.5. The Bertz CT molecular complexity index is 3130. The molecule has 1 aromatic heterocycles. The van der Waals surface area contributed by atoms with E-state index in [1.165, 1.54) is 19.1 Å². The number of aliphatic hydroxyl groups excluding tert-OH is 1. The van der Waals surface area contributed by atoms with Crippen LogP contribution in [0.15, 0.2) is 132 Å². The first-order valence-electron chi connectivity index (χ1n) is 32.2. The van der Waals surface area contributed by atoms with Crippen molar-refractivity contribution in [2.24, 2.45) is 22.7 Å². The van der Waals surface area contributed by atoms with Crippen molar-refractivity contribution in [3.8, 4) is 0 Å². The maximum Gasteiger partial charge on any atom is 0.338 e. The molecule has 1 saturated heterocycles. The number of hydrogen-bond donors (Lipinski definition) is 3. The van der Waals surface area contributed by atoms with E-state index in [2.05, 4.69) is 10.3 Å². The number of nitrogens with one attached hydrogen (secondary N) is 1. The van der Waals surface area contributed by atoms with Crippen molar-refractivity contribution in [3.63, 3.8) is 0 Å². The lowest BCUT2D eigenvalue weighted by molar-refractivity contribution is -0.346. The molecule has 0 spiro atoms. The van der Waals surface area contributed by atoms with Crippen LogP contribution in [0, 0.1) is 22.7 Å². The van der Waals surface area contributed by atoms with Gasteiger partial charge in [0.25, 0.3) is 5.91 Å². The van der Waals surface area contributed by atoms with Crippen molar-refractivity contribution >= 4 is 57.2 Å². The molecular formula is C70H90N2O21S2. The molecule has 518 valence electrons. The lowest BCUT2D eigenvalue weighted by atomic mass is 9.43. The number of amides is 1. The number of carbonyl (C=O) groups is 6. The van der Waals surface area contributed by atoms with Crippen molar-refractivity contribution in [1.29, 1.82) is 0 Å². The molecule has 95 heavy (non-hydrogen) atoms. The first-order chi connectivity index (χ1) is 45.8. The number of aliphatic hydroxyl groups is 2. The van der Waals surface area contributed by atoms with Gasteiger partial charge in [0.05, 0.1) is 142 Å². The van der Waals surface area contributed by atoms with Crippen molar-refractivity contribution in [2.45, 2.75) is 114 Å². The largest absolute Gasteiger partial charge is 0.461 e. The highest BCUT2D eigenvalue weighted by molar-refractivity contribution is 8.76. The van der Waals surface area contributed by atoms with Gasteiger partial charge in [-0.15, -0.1) is 0 Å². The summed E-state index contributed by atoms with van der Waals surface area (Å²) in [7, 11) is 3.33. The van der Waals surface area contributed by atoms with E-state index in [9.17, 15) is 34.2 Å². The highest BCUT2D eigenvalue weighted by atomic mass is 33.1. The number of Topliss-reactive ketones (excluding diaryl/α,β-unsaturated/α-hetero) is 1. The summed E-state index contributed by atoms with van der Waals surface area (Å²) in [6.45, 7) is 15.1. The molecule has 2 heterocycles. The predicted molar refractivity (Wildman–Crippen MR) is 349 cm³/mol. The van der Waals surface area contributed by atoms with Crippen LogP contribution in [0.25, 0.3) is 0 Å². The minimum atomic E-state index is -2.30. The lowest BCUT2D eigenvalue weighted by Gasteiger charge is -2.67. The fourth-order valence-corrected chi connectivity index (χ4v) is 14.9. The van der Waals surface area contributed by atoms with Gasteiger partial charge in [-0.05, 0) is 77.7 Å². The van der Waals surface area contributed by atoms with Gasteiger partial charge in [-0.25, -0.2) is 14.6 Å². The number of pyridine rings is 1. The molecule has 2 bridgehead atoms. The number of ketones is 1. The Morgan fingerprint density at radius 3 is 1.71 bits per heavy atom. The second-order valence-corrected chi connectivity index (χ2v) is 26.7. The smallest absolute Gasteiger partial charge is 0.338 e. The minimum Gasteiger partial charge on any atom is -0.461 e. The number of aromatic nitrogens is 1. The van der Waals surface area contributed by atoms with Gasteiger partial charge in [0, 0.05) is 48.6 Å². The van der Waals surface area contributed by atoms with Crippen molar-refractivity contribution < 1.29 is 101 Å². The lowest BCUT2D eigenvalue weighted by Crippen LogP contribution is -2.81. The maximum absolute atomic E-state index is 16.1. The average molecular weight is 1360 g/mol. The number of fused-ring (bicyclic) bond motifs is 5.